The third-order valence-electron chi connectivity index (χ3n) is 1.18. The van der Waals surface area contributed by atoms with E-state index in [0.717, 1.165) is 12.8 Å². The molecule has 0 aromatic rings. The van der Waals surface area contributed by atoms with Crippen LogP contribution in [0.25, 0.3) is 0 Å². The van der Waals surface area contributed by atoms with Gasteiger partial charge in [0, 0.05) is 17.4 Å². The molecule has 1 N–H and O–H groups in total. The summed E-state index contributed by atoms with van der Waals surface area (Å²) >= 11 is 4.23. The van der Waals surface area contributed by atoms with Crippen molar-refractivity contribution in [1.29, 1.82) is 5.41 Å². The molecule has 1 nitrogen and oxygen atoms in total. The smallest absolute Gasteiger partial charge is 0.0321 e. The normalized spacial score (nSPS) is 28.6. The van der Waals surface area contributed by atoms with Crippen molar-refractivity contribution in [2.45, 2.75) is 18.1 Å². The lowest BCUT2D eigenvalue weighted by Gasteiger charge is -2.10. The highest BCUT2D eigenvalue weighted by Crippen LogP contribution is 2.12. The average molecular weight is 127 g/mol. The molecule has 0 bridgehead atoms. The lowest BCUT2D eigenvalue weighted by molar-refractivity contribution is 0.904. The van der Waals surface area contributed by atoms with E-state index < -0.39 is 0 Å². The van der Waals surface area contributed by atoms with Crippen LogP contribution in [-0.2, 0) is 0 Å². The number of hydrogen-bond acceptors (Lipinski definition) is 2. The highest BCUT2D eigenvalue weighted by Gasteiger charge is 2.06. The maximum absolute atomic E-state index is 7.18. The van der Waals surface area contributed by atoms with Crippen molar-refractivity contribution >= 4 is 18.3 Å². The summed E-state index contributed by atoms with van der Waals surface area (Å²) in [5.41, 5.74) is 0.705. The Kier molecular flexibility index (Phi) is 1.73. The predicted octanol–water partition coefficient (Wildman–Crippen LogP) is 1.65. The lowest BCUT2D eigenvalue weighted by Crippen LogP contribution is -2.08. The third kappa shape index (κ3) is 1.37. The summed E-state index contributed by atoms with van der Waals surface area (Å²) in [7, 11) is 0. The van der Waals surface area contributed by atoms with Crippen LogP contribution in [0.1, 0.15) is 12.8 Å². The number of thiol groups is 1. The van der Waals surface area contributed by atoms with Crippen molar-refractivity contribution in [2.24, 2.45) is 0 Å². The molecule has 0 fully saturated rings. The van der Waals surface area contributed by atoms with Gasteiger partial charge in [-0.1, -0.05) is 6.08 Å². The minimum Gasteiger partial charge on any atom is -0.305 e. The zero-order chi connectivity index (χ0) is 5.98. The van der Waals surface area contributed by atoms with Crippen LogP contribution in [-0.4, -0.2) is 11.0 Å². The van der Waals surface area contributed by atoms with Gasteiger partial charge >= 0.3 is 0 Å². The Hall–Kier alpha value is -0.240. The Morgan fingerprint density at radius 1 is 1.75 bits per heavy atom. The van der Waals surface area contributed by atoms with Crippen LogP contribution in [0.5, 0.6) is 0 Å². The van der Waals surface area contributed by atoms with E-state index in [2.05, 4.69) is 12.6 Å². The molecule has 44 valence electrons. The molecule has 1 atom stereocenters. The van der Waals surface area contributed by atoms with E-state index in [-0.39, 0.29) is 0 Å². The van der Waals surface area contributed by atoms with Gasteiger partial charge in [0.2, 0.25) is 0 Å². The molecule has 2 heteroatoms. The van der Waals surface area contributed by atoms with Gasteiger partial charge in [0.25, 0.3) is 0 Å². The summed E-state index contributed by atoms with van der Waals surface area (Å²) in [6, 6.07) is 0. The van der Waals surface area contributed by atoms with Crippen LogP contribution >= 0.6 is 12.6 Å². The molecule has 0 saturated carbocycles. The molecule has 0 heterocycles. The van der Waals surface area contributed by atoms with Gasteiger partial charge in [0.1, 0.15) is 0 Å². The molecule has 0 saturated heterocycles. The second-order valence-electron chi connectivity index (χ2n) is 2.02. The average Bonchev–Trinajstić information content (AvgIpc) is 1.64. The highest BCUT2D eigenvalue weighted by atomic mass is 32.1. The van der Waals surface area contributed by atoms with Gasteiger partial charge < -0.3 is 5.41 Å². The van der Waals surface area contributed by atoms with Crippen LogP contribution < -0.4 is 0 Å². The monoisotopic (exact) mass is 127 g/mol. The molecule has 0 radical (unpaired) electrons. The molecule has 8 heavy (non-hydrogen) atoms. The van der Waals surface area contributed by atoms with Crippen LogP contribution in [0.3, 0.4) is 0 Å². The van der Waals surface area contributed by atoms with Crippen LogP contribution in [0.2, 0.25) is 0 Å². The third-order valence-corrected chi connectivity index (χ3v) is 1.58. The van der Waals surface area contributed by atoms with Crippen LogP contribution in [0, 0.1) is 5.41 Å². The topological polar surface area (TPSA) is 23.9 Å². The quantitative estimate of drug-likeness (QED) is 0.462. The Labute approximate surface area is 54.7 Å². The molecule has 0 aliphatic heterocycles. The largest absolute Gasteiger partial charge is 0.305 e. The van der Waals surface area contributed by atoms with E-state index in [1.54, 1.807) is 0 Å². The molecule has 0 amide bonds. The lowest BCUT2D eigenvalue weighted by atomic mass is 10.1. The van der Waals surface area contributed by atoms with Crippen molar-refractivity contribution in [3.63, 3.8) is 0 Å². The zero-order valence-electron chi connectivity index (χ0n) is 4.59. The van der Waals surface area contributed by atoms with E-state index in [9.17, 15) is 0 Å². The van der Waals surface area contributed by atoms with E-state index >= 15 is 0 Å². The van der Waals surface area contributed by atoms with Gasteiger partial charge in [0.15, 0.2) is 0 Å². The molecular formula is C6H9NS. The standard InChI is InChI=1S/C6H9NS/c7-5-2-1-3-6(8)4-5/h1-2,6-8H,3-4H2. The van der Waals surface area contributed by atoms with E-state index in [1.807, 2.05) is 12.2 Å². The van der Waals surface area contributed by atoms with Gasteiger partial charge in [-0.25, -0.2) is 0 Å². The predicted molar refractivity (Wildman–Crippen MR) is 38.9 cm³/mol. The molecule has 1 unspecified atom stereocenters. The molecular weight excluding hydrogens is 118 g/mol. The fourth-order valence-electron chi connectivity index (χ4n) is 0.773. The first-order valence-corrected chi connectivity index (χ1v) is 3.22. The maximum atomic E-state index is 7.18. The van der Waals surface area contributed by atoms with Gasteiger partial charge in [-0.2, -0.15) is 12.6 Å². The van der Waals surface area contributed by atoms with E-state index in [4.69, 9.17) is 5.41 Å². The first kappa shape index (κ1) is 5.89. The van der Waals surface area contributed by atoms with Crippen LogP contribution in [0.15, 0.2) is 12.2 Å². The van der Waals surface area contributed by atoms with Crippen LogP contribution in [0.4, 0.5) is 0 Å². The van der Waals surface area contributed by atoms with Crippen molar-refractivity contribution in [1.82, 2.24) is 0 Å². The highest BCUT2D eigenvalue weighted by molar-refractivity contribution is 7.81. The molecule has 1 rings (SSSR count). The van der Waals surface area contributed by atoms with Gasteiger partial charge in [-0.3, -0.25) is 0 Å². The second-order valence-corrected chi connectivity index (χ2v) is 2.75. The van der Waals surface area contributed by atoms with Gasteiger partial charge in [0.05, 0.1) is 0 Å². The summed E-state index contributed by atoms with van der Waals surface area (Å²) < 4.78 is 0. The summed E-state index contributed by atoms with van der Waals surface area (Å²) in [6.45, 7) is 0. The number of nitrogens with one attached hydrogen (secondary N) is 1. The zero-order valence-corrected chi connectivity index (χ0v) is 5.49. The van der Waals surface area contributed by atoms with Gasteiger partial charge in [-0.15, -0.1) is 0 Å². The number of hydrogen-bond donors (Lipinski definition) is 2. The molecule has 0 aromatic carbocycles. The summed E-state index contributed by atoms with van der Waals surface area (Å²) in [6.07, 6.45) is 5.71. The Morgan fingerprint density at radius 2 is 2.50 bits per heavy atom. The van der Waals surface area contributed by atoms with Crippen molar-refractivity contribution in [3.05, 3.63) is 12.2 Å². The Bertz CT molecular complexity index is 128. The minimum atomic E-state index is 0.396. The van der Waals surface area contributed by atoms with E-state index in [0.29, 0.717) is 11.0 Å². The van der Waals surface area contributed by atoms with Crippen molar-refractivity contribution in [3.8, 4) is 0 Å². The summed E-state index contributed by atoms with van der Waals surface area (Å²) in [5.74, 6) is 0. The van der Waals surface area contributed by atoms with Crippen molar-refractivity contribution in [2.75, 3.05) is 0 Å². The fraction of sp³-hybridized carbons (Fsp3) is 0.500. The fourth-order valence-corrected chi connectivity index (χ4v) is 1.09. The van der Waals surface area contributed by atoms with E-state index in [1.165, 1.54) is 0 Å². The summed E-state index contributed by atoms with van der Waals surface area (Å²) in [4.78, 5) is 0. The molecule has 0 spiro atoms. The maximum Gasteiger partial charge on any atom is 0.0321 e. The number of rotatable bonds is 0. The Morgan fingerprint density at radius 3 is 2.88 bits per heavy atom. The van der Waals surface area contributed by atoms with Gasteiger partial charge in [-0.05, 0) is 12.5 Å². The number of allylic oxidation sites excluding steroid dienone is 2. The minimum absolute atomic E-state index is 0.396. The first-order chi connectivity index (χ1) is 3.79. The SMILES string of the molecule is N=C1C=CCC(S)C1. The summed E-state index contributed by atoms with van der Waals surface area (Å²) in [5, 5.41) is 7.58. The Balaban J connectivity index is 2.54. The first-order valence-electron chi connectivity index (χ1n) is 2.71. The van der Waals surface area contributed by atoms with Crippen molar-refractivity contribution < 1.29 is 0 Å². The molecule has 1 aliphatic rings. The molecule has 0 aromatic heterocycles. The molecule has 1 aliphatic carbocycles. The second kappa shape index (κ2) is 2.35.